The van der Waals surface area contributed by atoms with Gasteiger partial charge in [-0.15, -0.1) is 0 Å². The first-order valence-corrected chi connectivity index (χ1v) is 10.9. The molecule has 1 aromatic heterocycles. The number of ketones is 1. The molecule has 162 valence electrons. The summed E-state index contributed by atoms with van der Waals surface area (Å²) < 4.78 is 2.01. The van der Waals surface area contributed by atoms with Crippen molar-refractivity contribution < 1.29 is 14.4 Å². The van der Waals surface area contributed by atoms with Crippen LogP contribution in [0.25, 0.3) is 5.69 Å². The van der Waals surface area contributed by atoms with Crippen LogP contribution in [0, 0.1) is 13.8 Å². The molecule has 6 heteroatoms. The quantitative estimate of drug-likeness (QED) is 0.504. The molecule has 1 atom stereocenters. The standard InChI is InChI=1S/C26H25N3O3/c1-17-15-21(18(2)29(17)20-11-4-3-5-12-20)23(30)16-28-24(31)26(27-25(28)32)14-8-10-19-9-6-7-13-22(19)26/h3-7,9,11-13,15H,8,10,14,16H2,1-2H3,(H,27,32). The predicted octanol–water partition coefficient (Wildman–Crippen LogP) is 4.06. The second-order valence-corrected chi connectivity index (χ2v) is 8.62. The number of nitrogens with one attached hydrogen (secondary N) is 1. The Balaban J connectivity index is 1.44. The second kappa shape index (κ2) is 7.48. The third-order valence-corrected chi connectivity index (χ3v) is 6.70. The van der Waals surface area contributed by atoms with Crippen molar-refractivity contribution in [2.24, 2.45) is 0 Å². The molecular formula is C26H25N3O3. The number of benzene rings is 2. The Bertz CT molecular complexity index is 1240. The highest BCUT2D eigenvalue weighted by Crippen LogP contribution is 2.40. The number of hydrogen-bond donors (Lipinski definition) is 1. The number of Topliss-reactive ketones (excluding diaryl/α,β-unsaturated/α-hetero) is 1. The molecule has 32 heavy (non-hydrogen) atoms. The third kappa shape index (κ3) is 2.98. The van der Waals surface area contributed by atoms with E-state index in [0.29, 0.717) is 12.0 Å². The topological polar surface area (TPSA) is 71.4 Å². The largest absolute Gasteiger partial charge is 0.325 e. The lowest BCUT2D eigenvalue weighted by atomic mass is 9.76. The van der Waals surface area contributed by atoms with Gasteiger partial charge in [-0.2, -0.15) is 0 Å². The van der Waals surface area contributed by atoms with E-state index in [1.54, 1.807) is 0 Å². The van der Waals surface area contributed by atoms with E-state index in [2.05, 4.69) is 5.32 Å². The van der Waals surface area contributed by atoms with E-state index in [1.807, 2.05) is 79.1 Å². The Morgan fingerprint density at radius 1 is 1.03 bits per heavy atom. The minimum atomic E-state index is -1.06. The fourth-order valence-corrected chi connectivity index (χ4v) is 5.20. The maximum atomic E-state index is 13.5. The van der Waals surface area contributed by atoms with Gasteiger partial charge in [0.25, 0.3) is 5.91 Å². The molecule has 5 rings (SSSR count). The van der Waals surface area contributed by atoms with Crippen LogP contribution >= 0.6 is 0 Å². The molecule has 6 nitrogen and oxygen atoms in total. The van der Waals surface area contributed by atoms with Crippen LogP contribution in [-0.4, -0.2) is 33.7 Å². The Morgan fingerprint density at radius 2 is 1.75 bits per heavy atom. The van der Waals surface area contributed by atoms with Gasteiger partial charge >= 0.3 is 6.03 Å². The first kappa shape index (κ1) is 20.2. The van der Waals surface area contributed by atoms with Gasteiger partial charge in [-0.3, -0.25) is 14.5 Å². The number of para-hydroxylation sites is 1. The van der Waals surface area contributed by atoms with Crippen LogP contribution in [0.3, 0.4) is 0 Å². The van der Waals surface area contributed by atoms with Crippen LogP contribution in [0.5, 0.6) is 0 Å². The van der Waals surface area contributed by atoms with Crippen LogP contribution in [0.2, 0.25) is 0 Å². The molecule has 0 bridgehead atoms. The maximum Gasteiger partial charge on any atom is 0.325 e. The molecule has 1 saturated heterocycles. The van der Waals surface area contributed by atoms with Crippen molar-refractivity contribution in [2.45, 2.75) is 38.6 Å². The summed E-state index contributed by atoms with van der Waals surface area (Å²) >= 11 is 0. The lowest BCUT2D eigenvalue weighted by molar-refractivity contribution is -0.131. The average Bonchev–Trinajstić information content (AvgIpc) is 3.22. The molecule has 1 aliphatic heterocycles. The van der Waals surface area contributed by atoms with Gasteiger partial charge in [0.2, 0.25) is 0 Å². The van der Waals surface area contributed by atoms with Crippen molar-refractivity contribution in [3.8, 4) is 5.69 Å². The molecule has 1 N–H and O–H groups in total. The number of aryl methyl sites for hydroxylation is 2. The number of hydrogen-bond acceptors (Lipinski definition) is 3. The lowest BCUT2D eigenvalue weighted by Gasteiger charge is -2.33. The summed E-state index contributed by atoms with van der Waals surface area (Å²) in [7, 11) is 0. The van der Waals surface area contributed by atoms with Crippen LogP contribution in [-0.2, 0) is 16.8 Å². The number of carbonyl (C=O) groups excluding carboxylic acids is 3. The van der Waals surface area contributed by atoms with Gasteiger partial charge in [0.05, 0.1) is 6.54 Å². The van der Waals surface area contributed by atoms with Gasteiger partial charge in [0, 0.05) is 22.6 Å². The molecule has 0 radical (unpaired) electrons. The molecule has 2 aliphatic rings. The Morgan fingerprint density at radius 3 is 2.53 bits per heavy atom. The average molecular weight is 428 g/mol. The minimum Gasteiger partial charge on any atom is -0.319 e. The maximum absolute atomic E-state index is 13.5. The zero-order valence-electron chi connectivity index (χ0n) is 18.2. The fraction of sp³-hybridized carbons (Fsp3) is 0.269. The van der Waals surface area contributed by atoms with E-state index in [-0.39, 0.29) is 18.2 Å². The predicted molar refractivity (Wildman–Crippen MR) is 121 cm³/mol. The minimum absolute atomic E-state index is 0.245. The van der Waals surface area contributed by atoms with Crippen molar-refractivity contribution in [3.63, 3.8) is 0 Å². The van der Waals surface area contributed by atoms with Crippen molar-refractivity contribution in [1.82, 2.24) is 14.8 Å². The van der Waals surface area contributed by atoms with E-state index in [0.717, 1.165) is 45.9 Å². The van der Waals surface area contributed by atoms with Crippen molar-refractivity contribution in [3.05, 3.63) is 88.7 Å². The monoisotopic (exact) mass is 427 g/mol. The number of imide groups is 1. The molecule has 1 aliphatic carbocycles. The summed E-state index contributed by atoms with van der Waals surface area (Å²) in [5.74, 6) is -0.579. The summed E-state index contributed by atoms with van der Waals surface area (Å²) in [6.45, 7) is 3.56. The normalized spacial score (nSPS) is 19.9. The van der Waals surface area contributed by atoms with Gasteiger partial charge < -0.3 is 9.88 Å². The first-order valence-electron chi connectivity index (χ1n) is 10.9. The summed E-state index contributed by atoms with van der Waals surface area (Å²) in [5, 5.41) is 2.92. The highest BCUT2D eigenvalue weighted by atomic mass is 16.2. The molecule has 2 aromatic carbocycles. The molecule has 3 aromatic rings. The Kier molecular flexibility index (Phi) is 4.73. The fourth-order valence-electron chi connectivity index (χ4n) is 5.20. The lowest BCUT2D eigenvalue weighted by Crippen LogP contribution is -2.46. The van der Waals surface area contributed by atoms with E-state index < -0.39 is 11.6 Å². The number of urea groups is 1. The van der Waals surface area contributed by atoms with Crippen LogP contribution in [0.4, 0.5) is 4.79 Å². The summed E-state index contributed by atoms with van der Waals surface area (Å²) in [6, 6.07) is 18.9. The smallest absolute Gasteiger partial charge is 0.319 e. The molecule has 3 amide bonds. The molecular weight excluding hydrogens is 402 g/mol. The number of carbonyl (C=O) groups is 3. The number of rotatable bonds is 4. The zero-order chi connectivity index (χ0) is 22.5. The van der Waals surface area contributed by atoms with Crippen molar-refractivity contribution in [2.75, 3.05) is 6.54 Å². The summed E-state index contributed by atoms with van der Waals surface area (Å²) in [6.07, 6.45) is 2.23. The van der Waals surface area contributed by atoms with Crippen LogP contribution < -0.4 is 5.32 Å². The first-order chi connectivity index (χ1) is 15.4. The Hall–Kier alpha value is -3.67. The molecule has 1 unspecified atom stereocenters. The van der Waals surface area contributed by atoms with Gasteiger partial charge in [-0.1, -0.05) is 42.5 Å². The van der Waals surface area contributed by atoms with E-state index in [4.69, 9.17) is 0 Å². The van der Waals surface area contributed by atoms with Crippen LogP contribution in [0.15, 0.2) is 60.7 Å². The zero-order valence-corrected chi connectivity index (χ0v) is 18.2. The number of fused-ring (bicyclic) bond motifs is 2. The highest BCUT2D eigenvalue weighted by molar-refractivity contribution is 6.12. The second-order valence-electron chi connectivity index (χ2n) is 8.62. The van der Waals surface area contributed by atoms with Crippen molar-refractivity contribution in [1.29, 1.82) is 0 Å². The van der Waals surface area contributed by atoms with Gasteiger partial charge in [0.15, 0.2) is 5.78 Å². The third-order valence-electron chi connectivity index (χ3n) is 6.70. The molecule has 0 saturated carbocycles. The SMILES string of the molecule is Cc1cc(C(=O)CN2C(=O)NC3(CCCc4ccccc43)C2=O)c(C)n1-c1ccccc1. The number of aromatic nitrogens is 1. The van der Waals surface area contributed by atoms with Crippen LogP contribution in [0.1, 0.15) is 45.7 Å². The van der Waals surface area contributed by atoms with E-state index in [1.165, 1.54) is 0 Å². The van der Waals surface area contributed by atoms with Gasteiger partial charge in [-0.25, -0.2) is 4.79 Å². The number of amides is 3. The highest BCUT2D eigenvalue weighted by Gasteiger charge is 2.54. The van der Waals surface area contributed by atoms with E-state index in [9.17, 15) is 14.4 Å². The molecule has 1 fully saturated rings. The summed E-state index contributed by atoms with van der Waals surface area (Å²) in [5.41, 5.74) is 4.07. The summed E-state index contributed by atoms with van der Waals surface area (Å²) in [4.78, 5) is 40.7. The number of nitrogens with zero attached hydrogens (tertiary/aromatic N) is 2. The Labute approximate surface area is 186 Å². The van der Waals surface area contributed by atoms with Gasteiger partial charge in [-0.05, 0) is 62.4 Å². The van der Waals surface area contributed by atoms with Gasteiger partial charge in [0.1, 0.15) is 5.54 Å². The molecule has 1 spiro atoms. The van der Waals surface area contributed by atoms with E-state index >= 15 is 0 Å². The molecule has 2 heterocycles. The van der Waals surface area contributed by atoms with Crippen molar-refractivity contribution >= 4 is 17.7 Å².